The molecule has 0 aliphatic carbocycles. The lowest BCUT2D eigenvalue weighted by molar-refractivity contribution is 0.0640. The molecule has 2 aromatic rings. The van der Waals surface area contributed by atoms with Gasteiger partial charge in [-0.1, -0.05) is 6.07 Å². The van der Waals surface area contributed by atoms with Crippen molar-refractivity contribution < 1.29 is 21.6 Å². The number of sulfone groups is 2. The lowest BCUT2D eigenvalue weighted by Crippen LogP contribution is -2.49. The molecule has 3 rings (SSSR count). The molecule has 9 nitrogen and oxygen atoms in total. The molecule has 0 N–H and O–H groups in total. The van der Waals surface area contributed by atoms with Crippen LogP contribution in [0.2, 0.25) is 0 Å². The number of hydrogen-bond donors (Lipinski definition) is 0. The van der Waals surface area contributed by atoms with Gasteiger partial charge in [0.05, 0.1) is 11.3 Å². The van der Waals surface area contributed by atoms with Crippen LogP contribution < -0.4 is 0 Å². The minimum absolute atomic E-state index is 0.0876. The summed E-state index contributed by atoms with van der Waals surface area (Å²) in [5.74, 6) is -0.235. The van der Waals surface area contributed by atoms with Gasteiger partial charge in [0.15, 0.2) is 5.69 Å². The summed E-state index contributed by atoms with van der Waals surface area (Å²) in [5.41, 5.74) is 0.558. The Morgan fingerprint density at radius 2 is 1.74 bits per heavy atom. The van der Waals surface area contributed by atoms with Gasteiger partial charge in [0.1, 0.15) is 9.84 Å². The van der Waals surface area contributed by atoms with Gasteiger partial charge in [-0.25, -0.2) is 21.8 Å². The van der Waals surface area contributed by atoms with Gasteiger partial charge < -0.3 is 4.90 Å². The number of carbonyl (C=O) groups excluding carboxylic acids is 1. The van der Waals surface area contributed by atoms with Crippen LogP contribution in [0, 0.1) is 0 Å². The smallest absolute Gasteiger partial charge is 0.274 e. The van der Waals surface area contributed by atoms with Gasteiger partial charge in [-0.15, -0.1) is 0 Å². The van der Waals surface area contributed by atoms with E-state index in [4.69, 9.17) is 0 Å². The average Bonchev–Trinajstić information content (AvgIpc) is 2.99. The van der Waals surface area contributed by atoms with Crippen molar-refractivity contribution in [2.24, 2.45) is 0 Å². The van der Waals surface area contributed by atoms with Crippen molar-refractivity contribution in [1.82, 2.24) is 19.2 Å². The summed E-state index contributed by atoms with van der Waals surface area (Å²) < 4.78 is 48.0. The van der Waals surface area contributed by atoms with E-state index in [9.17, 15) is 21.6 Å². The molecule has 2 aromatic heterocycles. The van der Waals surface area contributed by atoms with Gasteiger partial charge in [0.2, 0.25) is 15.0 Å². The van der Waals surface area contributed by atoms with Crippen molar-refractivity contribution in [1.29, 1.82) is 0 Å². The molecule has 11 heteroatoms. The Kier molecular flexibility index (Phi) is 5.28. The van der Waals surface area contributed by atoms with E-state index >= 15 is 0 Å². The minimum atomic E-state index is -3.59. The highest BCUT2D eigenvalue weighted by Crippen LogP contribution is 2.19. The lowest BCUT2D eigenvalue weighted by atomic mass is 10.2. The van der Waals surface area contributed by atoms with E-state index in [0.717, 1.165) is 6.26 Å². The molecule has 1 aliphatic heterocycles. The number of amides is 1. The van der Waals surface area contributed by atoms with E-state index in [1.54, 1.807) is 29.3 Å². The predicted molar refractivity (Wildman–Crippen MR) is 100 cm³/mol. The van der Waals surface area contributed by atoms with Gasteiger partial charge in [0, 0.05) is 51.4 Å². The highest BCUT2D eigenvalue weighted by molar-refractivity contribution is 7.90. The first-order valence-electron chi connectivity index (χ1n) is 8.43. The van der Waals surface area contributed by atoms with Crippen molar-refractivity contribution in [3.63, 3.8) is 0 Å². The van der Waals surface area contributed by atoms with Crippen molar-refractivity contribution >= 4 is 31.1 Å². The zero-order chi connectivity index (χ0) is 19.8. The predicted octanol–water partition coefficient (Wildman–Crippen LogP) is -0.460. The topological polar surface area (TPSA) is 109 Å². The van der Waals surface area contributed by atoms with Crippen LogP contribution in [0.5, 0.6) is 0 Å². The zero-order valence-corrected chi connectivity index (χ0v) is 16.8. The molecule has 0 radical (unpaired) electrons. The fourth-order valence-corrected chi connectivity index (χ4v) is 4.41. The van der Waals surface area contributed by atoms with Gasteiger partial charge in [-0.3, -0.25) is 14.1 Å². The normalized spacial score (nSPS) is 16.7. The zero-order valence-electron chi connectivity index (χ0n) is 15.2. The molecule has 0 bridgehead atoms. The van der Waals surface area contributed by atoms with Gasteiger partial charge >= 0.3 is 0 Å². The lowest BCUT2D eigenvalue weighted by Gasteiger charge is -2.34. The summed E-state index contributed by atoms with van der Waals surface area (Å²) in [4.78, 5) is 20.7. The molecule has 0 unspecified atom stereocenters. The second kappa shape index (κ2) is 7.21. The molecule has 1 aliphatic rings. The van der Waals surface area contributed by atoms with Crippen LogP contribution in [-0.2, 0) is 19.7 Å². The molecule has 27 heavy (non-hydrogen) atoms. The first-order valence-corrected chi connectivity index (χ1v) is 12.4. The summed E-state index contributed by atoms with van der Waals surface area (Å²) in [5, 5.41) is -0.159. The van der Waals surface area contributed by atoms with Crippen LogP contribution in [-0.4, -0.2) is 92.9 Å². The largest absolute Gasteiger partial charge is 0.335 e. The van der Waals surface area contributed by atoms with Gasteiger partial charge in [-0.05, 0) is 12.1 Å². The van der Waals surface area contributed by atoms with E-state index < -0.39 is 19.7 Å². The molecule has 0 aromatic carbocycles. The Labute approximate surface area is 158 Å². The molecule has 1 fully saturated rings. The van der Waals surface area contributed by atoms with E-state index in [-0.39, 0.29) is 22.5 Å². The summed E-state index contributed by atoms with van der Waals surface area (Å²) in [7, 11) is -6.61. The maximum absolute atomic E-state index is 12.9. The van der Waals surface area contributed by atoms with Crippen LogP contribution in [0.25, 0.3) is 5.52 Å². The first-order chi connectivity index (χ1) is 12.6. The quantitative estimate of drug-likeness (QED) is 0.651. The maximum Gasteiger partial charge on any atom is 0.274 e. The molecule has 0 atom stereocenters. The Morgan fingerprint density at radius 1 is 1.07 bits per heavy atom. The fraction of sp³-hybridized carbons (Fsp3) is 0.500. The van der Waals surface area contributed by atoms with Gasteiger partial charge in [-0.2, -0.15) is 0 Å². The highest BCUT2D eigenvalue weighted by Gasteiger charge is 2.28. The minimum Gasteiger partial charge on any atom is -0.335 e. The number of carbonyl (C=O) groups is 1. The fourth-order valence-electron chi connectivity index (χ4n) is 3.05. The number of rotatable bonds is 5. The van der Waals surface area contributed by atoms with Crippen molar-refractivity contribution in [3.05, 3.63) is 30.1 Å². The van der Waals surface area contributed by atoms with E-state index in [1.807, 2.05) is 4.90 Å². The number of aromatic nitrogens is 2. The van der Waals surface area contributed by atoms with Crippen molar-refractivity contribution in [2.45, 2.75) is 5.16 Å². The number of imidazole rings is 1. The molecule has 0 saturated carbocycles. The van der Waals surface area contributed by atoms with Crippen LogP contribution in [0.15, 0.2) is 29.6 Å². The standard InChI is InChI=1S/C16H22N4O5S2/c1-26(22,23)12-11-18-7-9-19(10-8-18)15(21)14-13-5-3-4-6-20(13)16(17-14)27(2,24)25/h3-6H,7-12H2,1-2H3. The second-order valence-electron chi connectivity index (χ2n) is 6.73. The summed E-state index contributed by atoms with van der Waals surface area (Å²) in [6.45, 7) is 2.43. The Bertz CT molecular complexity index is 1070. The third kappa shape index (κ3) is 4.47. The van der Waals surface area contributed by atoms with E-state index in [2.05, 4.69) is 4.98 Å². The molecule has 148 valence electrons. The van der Waals surface area contributed by atoms with Crippen LogP contribution in [0.1, 0.15) is 10.5 Å². The van der Waals surface area contributed by atoms with Crippen molar-refractivity contribution in [3.8, 4) is 0 Å². The molecule has 3 heterocycles. The SMILES string of the molecule is CS(=O)(=O)CCN1CCN(C(=O)c2nc(S(C)(=O)=O)n3ccccc23)CC1. The van der Waals surface area contributed by atoms with Crippen molar-refractivity contribution in [2.75, 3.05) is 51.0 Å². The van der Waals surface area contributed by atoms with Crippen LogP contribution in [0.3, 0.4) is 0 Å². The summed E-state index contributed by atoms with van der Waals surface area (Å²) in [6, 6.07) is 5.07. The number of piperazine rings is 1. The Hall–Kier alpha value is -1.98. The molecule has 0 spiro atoms. The second-order valence-corrected chi connectivity index (χ2v) is 10.9. The third-order valence-corrected chi connectivity index (χ3v) is 6.36. The van der Waals surface area contributed by atoms with Crippen LogP contribution in [0.4, 0.5) is 0 Å². The van der Waals surface area contributed by atoms with E-state index in [1.165, 1.54) is 10.7 Å². The van der Waals surface area contributed by atoms with E-state index in [0.29, 0.717) is 38.2 Å². The molecule has 1 saturated heterocycles. The highest BCUT2D eigenvalue weighted by atomic mass is 32.2. The first kappa shape index (κ1) is 19.8. The van der Waals surface area contributed by atoms with Crippen LogP contribution >= 0.6 is 0 Å². The number of fused-ring (bicyclic) bond motifs is 1. The molecule has 1 amide bonds. The number of hydrogen-bond acceptors (Lipinski definition) is 7. The average molecular weight is 415 g/mol. The third-order valence-electron chi connectivity index (χ3n) is 4.49. The summed E-state index contributed by atoms with van der Waals surface area (Å²) in [6.07, 6.45) is 3.83. The summed E-state index contributed by atoms with van der Waals surface area (Å²) >= 11 is 0. The van der Waals surface area contributed by atoms with Gasteiger partial charge in [0.25, 0.3) is 5.91 Å². The monoisotopic (exact) mass is 414 g/mol. The Balaban J connectivity index is 1.78. The number of pyridine rings is 1. The maximum atomic E-state index is 12.9. The Morgan fingerprint density at radius 3 is 2.33 bits per heavy atom. The molecular formula is C16H22N4O5S2. The molecular weight excluding hydrogens is 392 g/mol. The number of nitrogens with zero attached hydrogens (tertiary/aromatic N) is 4.